The smallest absolute Gasteiger partial charge is 0.129 e. The molecule has 0 aliphatic carbocycles. The fourth-order valence-corrected chi connectivity index (χ4v) is 2.79. The lowest BCUT2D eigenvalue weighted by molar-refractivity contribution is 0.0342. The number of nitrogens with one attached hydrogen (secondary N) is 1. The quantitative estimate of drug-likeness (QED) is 0.804. The molecule has 0 amide bonds. The van der Waals surface area contributed by atoms with Gasteiger partial charge in [0.2, 0.25) is 0 Å². The molecule has 0 spiro atoms. The van der Waals surface area contributed by atoms with Gasteiger partial charge in [-0.3, -0.25) is 4.90 Å². The van der Waals surface area contributed by atoms with Crippen LogP contribution in [0.1, 0.15) is 5.56 Å². The summed E-state index contributed by atoms with van der Waals surface area (Å²) in [5, 5.41) is 0. The van der Waals surface area contributed by atoms with Gasteiger partial charge in [-0.25, -0.2) is 4.98 Å². The number of aromatic nitrogens is 2. The minimum Gasteiger partial charge on any atom is -0.457 e. The lowest BCUT2D eigenvalue weighted by Crippen LogP contribution is -2.35. The van der Waals surface area contributed by atoms with Crippen molar-refractivity contribution in [2.75, 3.05) is 26.3 Å². The molecule has 118 valence electrons. The second-order valence-corrected chi connectivity index (χ2v) is 5.72. The monoisotopic (exact) mass is 309 g/mol. The van der Waals surface area contributed by atoms with E-state index in [2.05, 4.69) is 27.0 Å². The highest BCUT2D eigenvalue weighted by Gasteiger charge is 2.10. The zero-order valence-corrected chi connectivity index (χ0v) is 12.9. The van der Waals surface area contributed by atoms with Crippen molar-refractivity contribution in [1.29, 1.82) is 0 Å². The third-order valence-corrected chi connectivity index (χ3v) is 4.06. The first-order chi connectivity index (χ1) is 11.4. The van der Waals surface area contributed by atoms with Gasteiger partial charge in [0, 0.05) is 25.7 Å². The first kappa shape index (κ1) is 14.2. The van der Waals surface area contributed by atoms with E-state index < -0.39 is 0 Å². The SMILES string of the molecule is c1nc2ccc(Oc3ccc(CN4CCOCC4)cc3)cc2[nH]1. The molecule has 1 aliphatic heterocycles. The molecule has 0 bridgehead atoms. The molecule has 23 heavy (non-hydrogen) atoms. The van der Waals surface area contributed by atoms with Crippen molar-refractivity contribution in [2.45, 2.75) is 6.54 Å². The van der Waals surface area contributed by atoms with Crippen LogP contribution in [0.4, 0.5) is 0 Å². The fraction of sp³-hybridized carbons (Fsp3) is 0.278. The number of hydrogen-bond acceptors (Lipinski definition) is 4. The fourth-order valence-electron chi connectivity index (χ4n) is 2.79. The average molecular weight is 309 g/mol. The highest BCUT2D eigenvalue weighted by atomic mass is 16.5. The van der Waals surface area contributed by atoms with Crippen LogP contribution in [0.25, 0.3) is 11.0 Å². The van der Waals surface area contributed by atoms with Crippen LogP contribution in [0, 0.1) is 0 Å². The first-order valence-electron chi connectivity index (χ1n) is 7.87. The van der Waals surface area contributed by atoms with Crippen LogP contribution in [0.3, 0.4) is 0 Å². The Morgan fingerprint density at radius 1 is 1.04 bits per heavy atom. The predicted molar refractivity (Wildman–Crippen MR) is 88.7 cm³/mol. The number of aromatic amines is 1. The van der Waals surface area contributed by atoms with Crippen LogP contribution in [-0.4, -0.2) is 41.2 Å². The third kappa shape index (κ3) is 3.36. The molecular formula is C18H19N3O2. The van der Waals surface area contributed by atoms with E-state index in [1.165, 1.54) is 5.56 Å². The van der Waals surface area contributed by atoms with Crippen molar-refractivity contribution in [2.24, 2.45) is 0 Å². The summed E-state index contributed by atoms with van der Waals surface area (Å²) in [6, 6.07) is 14.1. The van der Waals surface area contributed by atoms with E-state index in [0.717, 1.165) is 55.4 Å². The summed E-state index contributed by atoms with van der Waals surface area (Å²) in [6.07, 6.45) is 1.69. The lowest BCUT2D eigenvalue weighted by atomic mass is 10.2. The average Bonchev–Trinajstić information content (AvgIpc) is 3.05. The van der Waals surface area contributed by atoms with Crippen LogP contribution >= 0.6 is 0 Å². The van der Waals surface area contributed by atoms with Crippen molar-refractivity contribution in [1.82, 2.24) is 14.9 Å². The van der Waals surface area contributed by atoms with Gasteiger partial charge in [0.15, 0.2) is 0 Å². The Kier molecular flexibility index (Phi) is 3.96. The Labute approximate surface area is 134 Å². The number of rotatable bonds is 4. The van der Waals surface area contributed by atoms with Crippen molar-refractivity contribution in [3.63, 3.8) is 0 Å². The molecule has 2 heterocycles. The molecule has 0 saturated carbocycles. The minimum absolute atomic E-state index is 0.808. The number of fused-ring (bicyclic) bond motifs is 1. The Hall–Kier alpha value is -2.37. The summed E-state index contributed by atoms with van der Waals surface area (Å²) in [5.41, 5.74) is 3.22. The first-order valence-corrected chi connectivity index (χ1v) is 7.87. The molecule has 4 rings (SSSR count). The van der Waals surface area contributed by atoms with Crippen molar-refractivity contribution in [3.05, 3.63) is 54.4 Å². The van der Waals surface area contributed by atoms with Crippen molar-refractivity contribution in [3.8, 4) is 11.5 Å². The normalized spacial score (nSPS) is 15.8. The molecule has 0 radical (unpaired) electrons. The molecule has 5 nitrogen and oxygen atoms in total. The molecule has 5 heteroatoms. The summed E-state index contributed by atoms with van der Waals surface area (Å²) in [6.45, 7) is 4.63. The van der Waals surface area contributed by atoms with Crippen LogP contribution in [0.5, 0.6) is 11.5 Å². The molecular weight excluding hydrogens is 290 g/mol. The third-order valence-electron chi connectivity index (χ3n) is 4.06. The summed E-state index contributed by atoms with van der Waals surface area (Å²) >= 11 is 0. The van der Waals surface area contributed by atoms with Gasteiger partial charge in [-0.15, -0.1) is 0 Å². The summed E-state index contributed by atoms with van der Waals surface area (Å²) in [4.78, 5) is 9.71. The predicted octanol–water partition coefficient (Wildman–Crippen LogP) is 3.19. The van der Waals surface area contributed by atoms with Gasteiger partial charge in [-0.1, -0.05) is 12.1 Å². The molecule has 1 saturated heterocycles. The molecule has 3 aromatic rings. The van der Waals surface area contributed by atoms with Crippen molar-refractivity contribution < 1.29 is 9.47 Å². The van der Waals surface area contributed by atoms with Gasteiger partial charge in [-0.2, -0.15) is 0 Å². The zero-order chi connectivity index (χ0) is 15.5. The maximum absolute atomic E-state index is 5.92. The van der Waals surface area contributed by atoms with E-state index in [0.29, 0.717) is 0 Å². The lowest BCUT2D eigenvalue weighted by Gasteiger charge is -2.26. The molecule has 1 fully saturated rings. The number of hydrogen-bond donors (Lipinski definition) is 1. The Balaban J connectivity index is 1.42. The zero-order valence-electron chi connectivity index (χ0n) is 12.9. The van der Waals surface area contributed by atoms with Crippen LogP contribution < -0.4 is 4.74 Å². The van der Waals surface area contributed by atoms with Gasteiger partial charge < -0.3 is 14.5 Å². The van der Waals surface area contributed by atoms with E-state index in [1.807, 2.05) is 30.3 Å². The summed E-state index contributed by atoms with van der Waals surface area (Å²) in [7, 11) is 0. The Morgan fingerprint density at radius 3 is 2.65 bits per heavy atom. The maximum Gasteiger partial charge on any atom is 0.129 e. The topological polar surface area (TPSA) is 50.4 Å². The van der Waals surface area contributed by atoms with E-state index in [1.54, 1.807) is 6.33 Å². The molecule has 1 N–H and O–H groups in total. The number of nitrogens with zero attached hydrogens (tertiary/aromatic N) is 2. The van der Waals surface area contributed by atoms with Crippen LogP contribution in [-0.2, 0) is 11.3 Å². The van der Waals surface area contributed by atoms with Gasteiger partial charge in [-0.05, 0) is 29.8 Å². The van der Waals surface area contributed by atoms with E-state index >= 15 is 0 Å². The summed E-state index contributed by atoms with van der Waals surface area (Å²) in [5.74, 6) is 1.65. The number of imidazole rings is 1. The minimum atomic E-state index is 0.808. The highest BCUT2D eigenvalue weighted by molar-refractivity contribution is 5.76. The second-order valence-electron chi connectivity index (χ2n) is 5.72. The number of H-pyrrole nitrogens is 1. The molecule has 1 aromatic heterocycles. The molecule has 2 aromatic carbocycles. The molecule has 0 unspecified atom stereocenters. The van der Waals surface area contributed by atoms with E-state index in [9.17, 15) is 0 Å². The highest BCUT2D eigenvalue weighted by Crippen LogP contribution is 2.24. The van der Waals surface area contributed by atoms with Gasteiger partial charge in [0.25, 0.3) is 0 Å². The van der Waals surface area contributed by atoms with Crippen molar-refractivity contribution >= 4 is 11.0 Å². The number of benzene rings is 2. The Morgan fingerprint density at radius 2 is 1.83 bits per heavy atom. The number of morpholine rings is 1. The van der Waals surface area contributed by atoms with Crippen LogP contribution in [0.15, 0.2) is 48.8 Å². The molecule has 0 atom stereocenters. The van der Waals surface area contributed by atoms with Gasteiger partial charge >= 0.3 is 0 Å². The van der Waals surface area contributed by atoms with E-state index in [-0.39, 0.29) is 0 Å². The second kappa shape index (κ2) is 6.40. The largest absolute Gasteiger partial charge is 0.457 e. The Bertz CT molecular complexity index is 776. The number of ether oxygens (including phenoxy) is 2. The molecule has 1 aliphatic rings. The standard InChI is InChI=1S/C18H19N3O2/c1-3-15(4-2-14(1)12-21-7-9-22-10-8-21)23-16-5-6-17-18(11-16)20-13-19-17/h1-6,11,13H,7-10,12H2,(H,19,20). The van der Waals surface area contributed by atoms with E-state index in [4.69, 9.17) is 9.47 Å². The summed E-state index contributed by atoms with van der Waals surface area (Å²) < 4.78 is 11.3. The van der Waals surface area contributed by atoms with Crippen LogP contribution in [0.2, 0.25) is 0 Å². The van der Waals surface area contributed by atoms with Gasteiger partial charge in [0.05, 0.1) is 30.6 Å². The maximum atomic E-state index is 5.92. The van der Waals surface area contributed by atoms with Gasteiger partial charge in [0.1, 0.15) is 11.5 Å².